The second-order valence-corrected chi connectivity index (χ2v) is 5.59. The van der Waals surface area contributed by atoms with E-state index in [0.29, 0.717) is 29.2 Å². The standard InChI is InChI=1S/C13H19BrN4O/c14-11-8-17-18(9-10-4-3-5-10)13(19)12(11)16-7-2-1-6-15/h1-2,8,10,16H,3-7,9,15H2/b2-1+. The van der Waals surface area contributed by atoms with E-state index in [1.54, 1.807) is 10.9 Å². The van der Waals surface area contributed by atoms with Crippen LogP contribution in [-0.4, -0.2) is 22.9 Å². The summed E-state index contributed by atoms with van der Waals surface area (Å²) < 4.78 is 2.26. The summed E-state index contributed by atoms with van der Waals surface area (Å²) in [6.07, 6.45) is 9.11. The van der Waals surface area contributed by atoms with Crippen molar-refractivity contribution in [2.24, 2.45) is 11.7 Å². The van der Waals surface area contributed by atoms with E-state index < -0.39 is 0 Å². The maximum atomic E-state index is 12.3. The molecule has 6 heteroatoms. The van der Waals surface area contributed by atoms with Crippen molar-refractivity contribution >= 4 is 21.6 Å². The molecule has 1 fully saturated rings. The number of nitrogens with one attached hydrogen (secondary N) is 1. The van der Waals surface area contributed by atoms with Gasteiger partial charge in [-0.05, 0) is 34.7 Å². The quantitative estimate of drug-likeness (QED) is 0.781. The Morgan fingerprint density at radius 1 is 1.53 bits per heavy atom. The average molecular weight is 327 g/mol. The van der Waals surface area contributed by atoms with E-state index in [9.17, 15) is 4.79 Å². The van der Waals surface area contributed by atoms with Crippen molar-refractivity contribution in [2.75, 3.05) is 18.4 Å². The number of hydrogen-bond donors (Lipinski definition) is 2. The summed E-state index contributed by atoms with van der Waals surface area (Å²) in [5.41, 5.74) is 5.87. The molecular weight excluding hydrogens is 308 g/mol. The molecule has 1 aromatic heterocycles. The van der Waals surface area contributed by atoms with Gasteiger partial charge in [-0.25, -0.2) is 4.68 Å². The fourth-order valence-electron chi connectivity index (χ4n) is 2.02. The molecule has 0 atom stereocenters. The molecule has 1 aliphatic rings. The number of aromatic nitrogens is 2. The zero-order valence-electron chi connectivity index (χ0n) is 10.8. The van der Waals surface area contributed by atoms with Gasteiger partial charge in [-0.2, -0.15) is 5.10 Å². The molecule has 2 rings (SSSR count). The average Bonchev–Trinajstić information content (AvgIpc) is 2.35. The van der Waals surface area contributed by atoms with Crippen molar-refractivity contribution in [3.8, 4) is 0 Å². The largest absolute Gasteiger partial charge is 0.376 e. The minimum Gasteiger partial charge on any atom is -0.376 e. The molecule has 1 aliphatic carbocycles. The highest BCUT2D eigenvalue weighted by atomic mass is 79.9. The molecule has 0 unspecified atom stereocenters. The molecule has 0 amide bonds. The van der Waals surface area contributed by atoms with Crippen molar-refractivity contribution < 1.29 is 0 Å². The lowest BCUT2D eigenvalue weighted by molar-refractivity contribution is 0.262. The Labute approximate surface area is 121 Å². The molecule has 0 aromatic carbocycles. The fourth-order valence-corrected chi connectivity index (χ4v) is 2.42. The highest BCUT2D eigenvalue weighted by molar-refractivity contribution is 9.10. The van der Waals surface area contributed by atoms with Crippen molar-refractivity contribution in [1.29, 1.82) is 0 Å². The number of rotatable bonds is 6. The lowest BCUT2D eigenvalue weighted by atomic mass is 9.85. The SMILES string of the molecule is NC/C=C/CNc1c(Br)cnn(CC2CCC2)c1=O. The van der Waals surface area contributed by atoms with Crippen molar-refractivity contribution in [3.05, 3.63) is 33.2 Å². The summed E-state index contributed by atoms with van der Waals surface area (Å²) in [4.78, 5) is 12.3. The summed E-state index contributed by atoms with van der Waals surface area (Å²) >= 11 is 3.36. The van der Waals surface area contributed by atoms with Gasteiger partial charge in [0.05, 0.1) is 10.7 Å². The van der Waals surface area contributed by atoms with Crippen molar-refractivity contribution in [2.45, 2.75) is 25.8 Å². The first-order chi connectivity index (χ1) is 9.22. The Balaban J connectivity index is 2.09. The number of nitrogens with zero attached hydrogens (tertiary/aromatic N) is 2. The first-order valence-corrected chi connectivity index (χ1v) is 7.36. The Hall–Kier alpha value is -1.14. The van der Waals surface area contributed by atoms with Crippen LogP contribution in [-0.2, 0) is 6.54 Å². The van der Waals surface area contributed by atoms with Gasteiger partial charge in [0.25, 0.3) is 5.56 Å². The predicted octanol–water partition coefficient (Wildman–Crippen LogP) is 1.73. The first-order valence-electron chi connectivity index (χ1n) is 6.57. The van der Waals surface area contributed by atoms with Crippen LogP contribution in [0.2, 0.25) is 0 Å². The van der Waals surface area contributed by atoms with Gasteiger partial charge in [-0.1, -0.05) is 18.6 Å². The van der Waals surface area contributed by atoms with E-state index in [1.165, 1.54) is 19.3 Å². The highest BCUT2D eigenvalue weighted by Crippen LogP contribution is 2.27. The fraction of sp³-hybridized carbons (Fsp3) is 0.538. The molecule has 3 N–H and O–H groups in total. The summed E-state index contributed by atoms with van der Waals surface area (Å²) in [5.74, 6) is 0.608. The molecule has 0 bridgehead atoms. The van der Waals surface area contributed by atoms with Crippen molar-refractivity contribution in [3.63, 3.8) is 0 Å². The van der Waals surface area contributed by atoms with Gasteiger partial charge in [0.15, 0.2) is 0 Å². The van der Waals surface area contributed by atoms with Crippen LogP contribution in [0.4, 0.5) is 5.69 Å². The number of nitrogens with two attached hydrogens (primary N) is 1. The van der Waals surface area contributed by atoms with Crippen LogP contribution in [0.25, 0.3) is 0 Å². The van der Waals surface area contributed by atoms with E-state index in [-0.39, 0.29) is 5.56 Å². The zero-order valence-corrected chi connectivity index (χ0v) is 12.4. The number of halogens is 1. The van der Waals surface area contributed by atoms with E-state index in [4.69, 9.17) is 5.73 Å². The van der Waals surface area contributed by atoms with E-state index >= 15 is 0 Å². The Bertz CT molecular complexity index is 508. The molecule has 1 aromatic rings. The predicted molar refractivity (Wildman–Crippen MR) is 80.2 cm³/mol. The minimum absolute atomic E-state index is 0.0672. The van der Waals surface area contributed by atoms with Gasteiger partial charge >= 0.3 is 0 Å². The third kappa shape index (κ3) is 3.67. The van der Waals surface area contributed by atoms with Crippen LogP contribution in [0.15, 0.2) is 27.6 Å². The molecule has 1 saturated carbocycles. The molecule has 5 nitrogen and oxygen atoms in total. The van der Waals surface area contributed by atoms with Crippen LogP contribution in [0, 0.1) is 5.92 Å². The smallest absolute Gasteiger partial charge is 0.291 e. The van der Waals surface area contributed by atoms with Crippen LogP contribution in [0.5, 0.6) is 0 Å². The highest BCUT2D eigenvalue weighted by Gasteiger charge is 2.19. The zero-order chi connectivity index (χ0) is 13.7. The second kappa shape index (κ2) is 6.86. The normalized spacial score (nSPS) is 15.7. The third-order valence-corrected chi connectivity index (χ3v) is 3.95. The number of hydrogen-bond acceptors (Lipinski definition) is 4. The van der Waals surface area contributed by atoms with Gasteiger partial charge in [0.1, 0.15) is 5.69 Å². The third-order valence-electron chi connectivity index (χ3n) is 3.35. The maximum absolute atomic E-state index is 12.3. The molecule has 0 aliphatic heterocycles. The minimum atomic E-state index is -0.0672. The molecule has 0 spiro atoms. The van der Waals surface area contributed by atoms with Crippen LogP contribution in [0.3, 0.4) is 0 Å². The lowest BCUT2D eigenvalue weighted by Gasteiger charge is -2.25. The van der Waals surface area contributed by atoms with Gasteiger partial charge in [0, 0.05) is 19.6 Å². The van der Waals surface area contributed by atoms with Crippen LogP contribution >= 0.6 is 15.9 Å². The first kappa shape index (κ1) is 14.3. The topological polar surface area (TPSA) is 72.9 Å². The lowest BCUT2D eigenvalue weighted by Crippen LogP contribution is -2.31. The molecule has 0 radical (unpaired) electrons. The Morgan fingerprint density at radius 3 is 2.95 bits per heavy atom. The van der Waals surface area contributed by atoms with Gasteiger partial charge < -0.3 is 11.1 Å². The van der Waals surface area contributed by atoms with Gasteiger partial charge in [-0.3, -0.25) is 4.79 Å². The van der Waals surface area contributed by atoms with Crippen molar-refractivity contribution in [1.82, 2.24) is 9.78 Å². The summed E-state index contributed by atoms with van der Waals surface area (Å²) in [7, 11) is 0. The van der Waals surface area contributed by atoms with Gasteiger partial charge in [-0.15, -0.1) is 0 Å². The van der Waals surface area contributed by atoms with Crippen LogP contribution in [0.1, 0.15) is 19.3 Å². The molecule has 104 valence electrons. The van der Waals surface area contributed by atoms with Crippen LogP contribution < -0.4 is 16.6 Å². The van der Waals surface area contributed by atoms with E-state index in [2.05, 4.69) is 26.3 Å². The van der Waals surface area contributed by atoms with E-state index in [1.807, 2.05) is 12.2 Å². The summed E-state index contributed by atoms with van der Waals surface area (Å²) in [6, 6.07) is 0. The summed E-state index contributed by atoms with van der Waals surface area (Å²) in [6.45, 7) is 1.81. The molecule has 0 saturated heterocycles. The Kier molecular flexibility index (Phi) is 5.15. The summed E-state index contributed by atoms with van der Waals surface area (Å²) in [5, 5.41) is 7.29. The van der Waals surface area contributed by atoms with E-state index in [0.717, 1.165) is 6.54 Å². The molecule has 19 heavy (non-hydrogen) atoms. The maximum Gasteiger partial charge on any atom is 0.291 e. The second-order valence-electron chi connectivity index (χ2n) is 4.74. The molecule has 1 heterocycles. The van der Waals surface area contributed by atoms with Gasteiger partial charge in [0.2, 0.25) is 0 Å². The number of anilines is 1. The molecular formula is C13H19BrN4O. The monoisotopic (exact) mass is 326 g/mol. The Morgan fingerprint density at radius 2 is 2.32 bits per heavy atom.